The predicted octanol–water partition coefficient (Wildman–Crippen LogP) is 2.88. The van der Waals surface area contributed by atoms with E-state index in [2.05, 4.69) is 10.0 Å². The van der Waals surface area contributed by atoms with Crippen LogP contribution in [0.25, 0.3) is 10.4 Å². The molecular formula is C13H16FN3O3. The molecule has 0 unspecified atom stereocenters. The summed E-state index contributed by atoms with van der Waals surface area (Å²) in [6.07, 6.45) is -1.61. The first kappa shape index (κ1) is 15.9. The Hall–Kier alpha value is -2.11. The number of carbonyl (C=O) groups is 1. The molecular weight excluding hydrogens is 265 g/mol. The molecule has 0 aromatic heterocycles. The van der Waals surface area contributed by atoms with Gasteiger partial charge < -0.3 is 9.84 Å². The summed E-state index contributed by atoms with van der Waals surface area (Å²) in [6, 6.07) is 3.85. The lowest BCUT2D eigenvalue weighted by molar-refractivity contribution is -0.159. The van der Waals surface area contributed by atoms with Gasteiger partial charge in [0.25, 0.3) is 0 Å². The summed E-state index contributed by atoms with van der Waals surface area (Å²) in [7, 11) is 0. The van der Waals surface area contributed by atoms with Crippen molar-refractivity contribution in [3.8, 4) is 0 Å². The van der Waals surface area contributed by atoms with Crippen LogP contribution in [0, 0.1) is 5.82 Å². The summed E-state index contributed by atoms with van der Waals surface area (Å²) in [6.45, 7) is 4.90. The normalized spacial score (nSPS) is 14.1. The topological polar surface area (TPSA) is 95.3 Å². The number of ether oxygens (including phenoxy) is 1. The van der Waals surface area contributed by atoms with Crippen LogP contribution in [0.5, 0.6) is 0 Å². The molecule has 1 aromatic carbocycles. The molecule has 20 heavy (non-hydrogen) atoms. The number of carbonyl (C=O) groups excluding carboxylic acids is 1. The zero-order valence-corrected chi connectivity index (χ0v) is 11.4. The number of aliphatic hydroxyl groups is 1. The maximum atomic E-state index is 13.6. The van der Waals surface area contributed by atoms with Gasteiger partial charge in [-0.25, -0.2) is 4.39 Å². The van der Waals surface area contributed by atoms with Gasteiger partial charge in [-0.2, -0.15) is 0 Å². The summed E-state index contributed by atoms with van der Waals surface area (Å²) < 4.78 is 18.6. The predicted molar refractivity (Wildman–Crippen MR) is 70.1 cm³/mol. The fraction of sp³-hybridized carbons (Fsp3) is 0.462. The third-order valence-corrected chi connectivity index (χ3v) is 2.35. The Labute approximate surface area is 115 Å². The van der Waals surface area contributed by atoms with E-state index in [4.69, 9.17) is 10.3 Å². The van der Waals surface area contributed by atoms with E-state index in [0.717, 1.165) is 6.07 Å². The van der Waals surface area contributed by atoms with Crippen LogP contribution in [0.1, 0.15) is 32.4 Å². The molecule has 0 aliphatic carbocycles. The number of benzene rings is 1. The Kier molecular flexibility index (Phi) is 5.07. The van der Waals surface area contributed by atoms with E-state index in [0.29, 0.717) is 0 Å². The molecule has 1 aromatic rings. The number of esters is 1. The molecule has 0 amide bonds. The molecule has 0 spiro atoms. The number of halogens is 1. The second-order valence-corrected chi connectivity index (χ2v) is 5.15. The molecule has 1 rings (SSSR count). The highest BCUT2D eigenvalue weighted by Gasteiger charge is 2.32. The van der Waals surface area contributed by atoms with Crippen LogP contribution in [-0.2, 0) is 9.53 Å². The first-order valence-corrected chi connectivity index (χ1v) is 5.96. The van der Waals surface area contributed by atoms with E-state index in [9.17, 15) is 14.3 Å². The minimum Gasteiger partial charge on any atom is -0.460 e. The number of nitrogens with zero attached hydrogens (tertiary/aromatic N) is 3. The molecule has 6 nitrogen and oxygen atoms in total. The van der Waals surface area contributed by atoms with Crippen LogP contribution in [0.4, 0.5) is 4.39 Å². The molecule has 0 radical (unpaired) electrons. The van der Waals surface area contributed by atoms with Gasteiger partial charge in [-0.15, -0.1) is 0 Å². The van der Waals surface area contributed by atoms with E-state index in [1.165, 1.54) is 18.2 Å². The highest BCUT2D eigenvalue weighted by atomic mass is 19.1. The highest BCUT2D eigenvalue weighted by molar-refractivity contribution is 5.77. The number of hydrogen-bond acceptors (Lipinski definition) is 4. The van der Waals surface area contributed by atoms with Gasteiger partial charge >= 0.3 is 5.97 Å². The average Bonchev–Trinajstić information content (AvgIpc) is 2.33. The largest absolute Gasteiger partial charge is 0.460 e. The molecule has 0 bridgehead atoms. The number of azide groups is 1. The van der Waals surface area contributed by atoms with E-state index in [-0.39, 0.29) is 5.56 Å². The average molecular weight is 281 g/mol. The zero-order chi connectivity index (χ0) is 15.3. The lowest BCUT2D eigenvalue weighted by Crippen LogP contribution is -2.34. The molecule has 0 fully saturated rings. The van der Waals surface area contributed by atoms with Gasteiger partial charge in [-0.1, -0.05) is 23.3 Å². The third kappa shape index (κ3) is 4.22. The third-order valence-electron chi connectivity index (χ3n) is 2.35. The van der Waals surface area contributed by atoms with Gasteiger partial charge in [0.05, 0.1) is 0 Å². The number of rotatable bonds is 4. The van der Waals surface area contributed by atoms with Crippen LogP contribution in [0.15, 0.2) is 29.4 Å². The van der Waals surface area contributed by atoms with Gasteiger partial charge in [-0.3, -0.25) is 4.79 Å². The summed E-state index contributed by atoms with van der Waals surface area (Å²) in [5.74, 6) is -1.60. The van der Waals surface area contributed by atoms with Gasteiger partial charge in [0.15, 0.2) is 6.04 Å². The minimum absolute atomic E-state index is 0.129. The Morgan fingerprint density at radius 1 is 1.45 bits per heavy atom. The van der Waals surface area contributed by atoms with Crippen molar-refractivity contribution in [1.29, 1.82) is 0 Å². The summed E-state index contributed by atoms with van der Waals surface area (Å²) in [5, 5.41) is 13.3. The molecule has 0 heterocycles. The summed E-state index contributed by atoms with van der Waals surface area (Å²) in [5.41, 5.74) is 7.56. The molecule has 0 aliphatic rings. The smallest absolute Gasteiger partial charge is 0.318 e. The van der Waals surface area contributed by atoms with E-state index < -0.39 is 29.5 Å². The molecule has 0 saturated heterocycles. The van der Waals surface area contributed by atoms with E-state index >= 15 is 0 Å². The Morgan fingerprint density at radius 2 is 2.05 bits per heavy atom. The van der Waals surface area contributed by atoms with E-state index in [1.54, 1.807) is 20.8 Å². The second kappa shape index (κ2) is 6.36. The first-order chi connectivity index (χ1) is 9.26. The maximum Gasteiger partial charge on any atom is 0.318 e. The molecule has 0 saturated carbocycles. The van der Waals surface area contributed by atoms with Crippen LogP contribution < -0.4 is 0 Å². The van der Waals surface area contributed by atoms with Crippen molar-refractivity contribution in [2.75, 3.05) is 0 Å². The van der Waals surface area contributed by atoms with Crippen molar-refractivity contribution in [3.63, 3.8) is 0 Å². The van der Waals surface area contributed by atoms with Crippen LogP contribution in [-0.4, -0.2) is 22.7 Å². The summed E-state index contributed by atoms with van der Waals surface area (Å²) >= 11 is 0. The van der Waals surface area contributed by atoms with Crippen molar-refractivity contribution in [3.05, 3.63) is 46.1 Å². The fourth-order valence-electron chi connectivity index (χ4n) is 1.54. The molecule has 7 heteroatoms. The minimum atomic E-state index is -1.61. The monoisotopic (exact) mass is 281 g/mol. The standard InChI is InChI=1S/C13H16FN3O3/c1-13(2,3)20-12(19)10(16-17-15)11(18)8-6-4-5-7-9(8)14/h4-7,10-11,18H,1-3H3/t10-,11+/m0/s1. The molecule has 0 aliphatic heterocycles. The lowest BCUT2D eigenvalue weighted by Gasteiger charge is -2.24. The highest BCUT2D eigenvalue weighted by Crippen LogP contribution is 2.24. The Morgan fingerprint density at radius 3 is 2.55 bits per heavy atom. The molecule has 2 atom stereocenters. The number of aliphatic hydroxyl groups excluding tert-OH is 1. The van der Waals surface area contributed by atoms with Gasteiger partial charge in [-0.05, 0) is 32.4 Å². The molecule has 1 N–H and O–H groups in total. The van der Waals surface area contributed by atoms with Crippen molar-refractivity contribution < 1.29 is 19.0 Å². The van der Waals surface area contributed by atoms with Crippen LogP contribution >= 0.6 is 0 Å². The molecule has 108 valence electrons. The maximum absolute atomic E-state index is 13.6. The van der Waals surface area contributed by atoms with Gasteiger partial charge in [0.2, 0.25) is 0 Å². The summed E-state index contributed by atoms with van der Waals surface area (Å²) in [4.78, 5) is 14.4. The first-order valence-electron chi connectivity index (χ1n) is 5.96. The van der Waals surface area contributed by atoms with E-state index in [1.807, 2.05) is 0 Å². The van der Waals surface area contributed by atoms with Gasteiger partial charge in [0, 0.05) is 10.5 Å². The van der Waals surface area contributed by atoms with Crippen LogP contribution in [0.3, 0.4) is 0 Å². The van der Waals surface area contributed by atoms with Gasteiger partial charge in [0.1, 0.15) is 17.5 Å². The quantitative estimate of drug-likeness (QED) is 0.398. The fourth-order valence-corrected chi connectivity index (χ4v) is 1.54. The van der Waals surface area contributed by atoms with Crippen molar-refractivity contribution >= 4 is 5.97 Å². The Balaban J connectivity index is 3.05. The second-order valence-electron chi connectivity index (χ2n) is 5.15. The van der Waals surface area contributed by atoms with Crippen molar-refractivity contribution in [2.24, 2.45) is 5.11 Å². The number of hydrogen-bond donors (Lipinski definition) is 1. The van der Waals surface area contributed by atoms with Crippen molar-refractivity contribution in [2.45, 2.75) is 38.5 Å². The SMILES string of the molecule is CC(C)(C)OC(=O)[C@@H](N=[N+]=[N-])[C@H](O)c1ccccc1F. The Bertz CT molecular complexity index is 536. The van der Waals surface area contributed by atoms with Crippen molar-refractivity contribution in [1.82, 2.24) is 0 Å². The zero-order valence-electron chi connectivity index (χ0n) is 11.4. The lowest BCUT2D eigenvalue weighted by atomic mass is 10.0. The van der Waals surface area contributed by atoms with Crippen LogP contribution in [0.2, 0.25) is 0 Å².